The first-order valence-electron chi connectivity index (χ1n) is 9.51. The minimum Gasteiger partial charge on any atom is -0.311 e. The van der Waals surface area contributed by atoms with Gasteiger partial charge in [0, 0.05) is 25.2 Å². The van der Waals surface area contributed by atoms with Crippen LogP contribution in [0.4, 0.5) is 0 Å². The molecule has 0 radical (unpaired) electrons. The predicted molar refractivity (Wildman–Crippen MR) is 99.6 cm³/mol. The van der Waals surface area contributed by atoms with Crippen LogP contribution in [0.15, 0.2) is 35.9 Å². The van der Waals surface area contributed by atoms with E-state index in [1.54, 1.807) is 0 Å². The summed E-state index contributed by atoms with van der Waals surface area (Å²) in [5.41, 5.74) is 2.72. The standard InChI is InChI=1S/C21H32N2/c1-18(15-19-9-4-2-5-10-19)16-22-17-21-13-8-14-23(21)20-11-6-3-7-12-20/h2,4-5,9-10,15,20-22H,3,6-8,11-14,16-17H2,1H3/b18-15+. The molecule has 1 N–H and O–H groups in total. The number of hydrogen-bond donors (Lipinski definition) is 1. The maximum absolute atomic E-state index is 3.71. The third-order valence-corrected chi connectivity index (χ3v) is 5.46. The van der Waals surface area contributed by atoms with Gasteiger partial charge in [0.25, 0.3) is 0 Å². The van der Waals surface area contributed by atoms with Crippen LogP contribution in [0.25, 0.3) is 6.08 Å². The molecule has 1 atom stereocenters. The molecule has 1 aliphatic carbocycles. The molecule has 1 unspecified atom stereocenters. The van der Waals surface area contributed by atoms with Crippen LogP contribution in [0, 0.1) is 0 Å². The van der Waals surface area contributed by atoms with Gasteiger partial charge >= 0.3 is 0 Å². The number of likely N-dealkylation sites (tertiary alicyclic amines) is 1. The van der Waals surface area contributed by atoms with E-state index >= 15 is 0 Å². The van der Waals surface area contributed by atoms with E-state index in [9.17, 15) is 0 Å². The molecule has 2 fully saturated rings. The molecule has 0 spiro atoms. The van der Waals surface area contributed by atoms with Gasteiger partial charge in [-0.2, -0.15) is 0 Å². The first-order chi connectivity index (χ1) is 11.3. The Morgan fingerprint density at radius 2 is 1.87 bits per heavy atom. The number of nitrogens with zero attached hydrogens (tertiary/aromatic N) is 1. The second kappa shape index (κ2) is 8.65. The minimum absolute atomic E-state index is 0.766. The van der Waals surface area contributed by atoms with Crippen molar-refractivity contribution in [2.75, 3.05) is 19.6 Å². The van der Waals surface area contributed by atoms with Crippen LogP contribution in [0.3, 0.4) is 0 Å². The molecule has 0 amide bonds. The summed E-state index contributed by atoms with van der Waals surface area (Å²) in [6.45, 7) is 5.71. The summed E-state index contributed by atoms with van der Waals surface area (Å²) in [6.07, 6.45) is 12.3. The van der Waals surface area contributed by atoms with Crippen molar-refractivity contribution in [1.82, 2.24) is 10.2 Å². The fraction of sp³-hybridized carbons (Fsp3) is 0.619. The molecule has 1 aromatic carbocycles. The van der Waals surface area contributed by atoms with Crippen LogP contribution in [-0.2, 0) is 0 Å². The van der Waals surface area contributed by atoms with Crippen molar-refractivity contribution in [2.45, 2.75) is 64.0 Å². The Morgan fingerprint density at radius 3 is 2.65 bits per heavy atom. The van der Waals surface area contributed by atoms with E-state index in [1.807, 2.05) is 0 Å². The highest BCUT2D eigenvalue weighted by Gasteiger charge is 2.30. The van der Waals surface area contributed by atoms with Crippen molar-refractivity contribution in [2.24, 2.45) is 0 Å². The fourth-order valence-corrected chi connectivity index (χ4v) is 4.29. The summed E-state index contributed by atoms with van der Waals surface area (Å²) < 4.78 is 0. The molecule has 2 nitrogen and oxygen atoms in total. The quantitative estimate of drug-likeness (QED) is 0.833. The molecule has 23 heavy (non-hydrogen) atoms. The topological polar surface area (TPSA) is 15.3 Å². The van der Waals surface area contributed by atoms with E-state index in [-0.39, 0.29) is 0 Å². The van der Waals surface area contributed by atoms with Crippen LogP contribution in [-0.4, -0.2) is 36.6 Å². The fourth-order valence-electron chi connectivity index (χ4n) is 4.29. The minimum atomic E-state index is 0.766. The third-order valence-electron chi connectivity index (χ3n) is 5.46. The number of hydrogen-bond acceptors (Lipinski definition) is 2. The van der Waals surface area contributed by atoms with Crippen molar-refractivity contribution in [3.63, 3.8) is 0 Å². The average molecular weight is 313 g/mol. The van der Waals surface area contributed by atoms with Gasteiger partial charge in [-0.1, -0.05) is 61.2 Å². The van der Waals surface area contributed by atoms with E-state index in [4.69, 9.17) is 0 Å². The van der Waals surface area contributed by atoms with Gasteiger partial charge in [-0.05, 0) is 44.7 Å². The zero-order chi connectivity index (χ0) is 15.9. The van der Waals surface area contributed by atoms with Gasteiger partial charge in [0.15, 0.2) is 0 Å². The van der Waals surface area contributed by atoms with Gasteiger partial charge in [0.1, 0.15) is 0 Å². The summed E-state index contributed by atoms with van der Waals surface area (Å²) in [6, 6.07) is 12.3. The maximum Gasteiger partial charge on any atom is 0.0224 e. The third kappa shape index (κ3) is 4.92. The zero-order valence-corrected chi connectivity index (χ0v) is 14.6. The molecule has 126 valence electrons. The molecule has 1 aromatic rings. The van der Waals surface area contributed by atoms with Gasteiger partial charge < -0.3 is 5.32 Å². The second-order valence-electron chi connectivity index (χ2n) is 7.36. The van der Waals surface area contributed by atoms with Crippen LogP contribution in [0.1, 0.15) is 57.4 Å². The van der Waals surface area contributed by atoms with Crippen LogP contribution >= 0.6 is 0 Å². The normalized spacial score (nSPS) is 24.2. The predicted octanol–water partition coefficient (Wildman–Crippen LogP) is 4.48. The molecular formula is C21H32N2. The lowest BCUT2D eigenvalue weighted by Gasteiger charge is -2.35. The van der Waals surface area contributed by atoms with E-state index < -0.39 is 0 Å². The second-order valence-corrected chi connectivity index (χ2v) is 7.36. The maximum atomic E-state index is 3.71. The van der Waals surface area contributed by atoms with Gasteiger partial charge in [-0.15, -0.1) is 0 Å². The molecule has 1 saturated heterocycles. The molecule has 2 aliphatic rings. The van der Waals surface area contributed by atoms with Gasteiger partial charge in [-0.3, -0.25) is 4.90 Å². The lowest BCUT2D eigenvalue weighted by atomic mass is 9.94. The summed E-state index contributed by atoms with van der Waals surface area (Å²) in [4.78, 5) is 2.82. The van der Waals surface area contributed by atoms with Crippen LogP contribution in [0.5, 0.6) is 0 Å². The van der Waals surface area contributed by atoms with Crippen molar-refractivity contribution < 1.29 is 0 Å². The Bertz CT molecular complexity index is 488. The molecular weight excluding hydrogens is 280 g/mol. The molecule has 1 saturated carbocycles. The van der Waals surface area contributed by atoms with Crippen molar-refractivity contribution in [1.29, 1.82) is 0 Å². The Labute approximate surface area is 142 Å². The Balaban J connectivity index is 1.45. The van der Waals surface area contributed by atoms with Gasteiger partial charge in [-0.25, -0.2) is 0 Å². The molecule has 1 aliphatic heterocycles. The molecule has 2 heteroatoms. The highest BCUT2D eigenvalue weighted by Crippen LogP contribution is 2.28. The first kappa shape index (κ1) is 16.7. The molecule has 0 aromatic heterocycles. The molecule has 0 bridgehead atoms. The average Bonchev–Trinajstić information content (AvgIpc) is 3.05. The Hall–Kier alpha value is -1.12. The Morgan fingerprint density at radius 1 is 1.09 bits per heavy atom. The number of nitrogens with one attached hydrogen (secondary N) is 1. The lowest BCUT2D eigenvalue weighted by Crippen LogP contribution is -2.45. The Kier molecular flexibility index (Phi) is 6.29. The van der Waals surface area contributed by atoms with E-state index in [0.717, 1.165) is 25.2 Å². The van der Waals surface area contributed by atoms with E-state index in [2.05, 4.69) is 53.5 Å². The number of benzene rings is 1. The summed E-state index contributed by atoms with van der Waals surface area (Å²) in [5.74, 6) is 0. The van der Waals surface area contributed by atoms with E-state index in [0.29, 0.717) is 0 Å². The van der Waals surface area contributed by atoms with Gasteiger partial charge in [0.2, 0.25) is 0 Å². The van der Waals surface area contributed by atoms with Gasteiger partial charge in [0.05, 0.1) is 0 Å². The molecule has 1 heterocycles. The molecule has 3 rings (SSSR count). The smallest absolute Gasteiger partial charge is 0.0224 e. The largest absolute Gasteiger partial charge is 0.311 e. The highest BCUT2D eigenvalue weighted by molar-refractivity contribution is 5.52. The van der Waals surface area contributed by atoms with Crippen LogP contribution in [0.2, 0.25) is 0 Å². The van der Waals surface area contributed by atoms with Crippen molar-refractivity contribution in [3.05, 3.63) is 41.5 Å². The number of rotatable bonds is 6. The SMILES string of the molecule is C/C(=C\c1ccccc1)CNCC1CCCN1C1CCCCC1. The van der Waals surface area contributed by atoms with Crippen molar-refractivity contribution >= 4 is 6.08 Å². The zero-order valence-electron chi connectivity index (χ0n) is 14.6. The van der Waals surface area contributed by atoms with Crippen molar-refractivity contribution in [3.8, 4) is 0 Å². The first-order valence-corrected chi connectivity index (χ1v) is 9.51. The monoisotopic (exact) mass is 312 g/mol. The summed E-state index contributed by atoms with van der Waals surface area (Å²) in [7, 11) is 0. The summed E-state index contributed by atoms with van der Waals surface area (Å²) >= 11 is 0. The lowest BCUT2D eigenvalue weighted by molar-refractivity contribution is 0.141. The summed E-state index contributed by atoms with van der Waals surface area (Å²) in [5, 5.41) is 3.71. The van der Waals surface area contributed by atoms with E-state index in [1.165, 1.54) is 62.6 Å². The highest BCUT2D eigenvalue weighted by atomic mass is 15.2. The van der Waals surface area contributed by atoms with Crippen LogP contribution < -0.4 is 5.32 Å².